The van der Waals surface area contributed by atoms with Crippen molar-refractivity contribution in [1.82, 2.24) is 15.3 Å². The first-order chi connectivity index (χ1) is 14.1. The number of hydrogen-bond donors (Lipinski definition) is 4. The van der Waals surface area contributed by atoms with Gasteiger partial charge in [-0.2, -0.15) is 4.98 Å². The van der Waals surface area contributed by atoms with Gasteiger partial charge in [-0.1, -0.05) is 12.1 Å². The van der Waals surface area contributed by atoms with Crippen molar-refractivity contribution < 1.29 is 9.18 Å². The molecule has 5 N–H and O–H groups in total. The maximum Gasteiger partial charge on any atom is 0.229 e. The first kappa shape index (κ1) is 18.3. The van der Waals surface area contributed by atoms with Crippen LogP contribution in [0.4, 0.5) is 21.8 Å². The number of aromatic nitrogens is 2. The van der Waals surface area contributed by atoms with Crippen molar-refractivity contribution in [3.63, 3.8) is 0 Å². The van der Waals surface area contributed by atoms with Crippen LogP contribution in [0.25, 0.3) is 0 Å². The number of nitrogens with zero attached hydrogens (tertiary/aromatic N) is 2. The van der Waals surface area contributed by atoms with Crippen LogP contribution in [-0.2, 0) is 11.2 Å². The van der Waals surface area contributed by atoms with Gasteiger partial charge in [-0.05, 0) is 67.8 Å². The van der Waals surface area contributed by atoms with Crippen LogP contribution in [0.2, 0.25) is 0 Å². The minimum absolute atomic E-state index is 0.115. The second-order valence-electron chi connectivity index (χ2n) is 8.42. The number of rotatable bonds is 1. The van der Waals surface area contributed by atoms with Crippen molar-refractivity contribution in [2.45, 2.75) is 25.3 Å². The zero-order valence-corrected chi connectivity index (χ0v) is 16.1. The number of hydrogen-bond acceptors (Lipinski definition) is 6. The molecule has 1 aromatic carbocycles. The number of amides is 1. The molecule has 2 aliphatic carbocycles. The van der Waals surface area contributed by atoms with Crippen molar-refractivity contribution in [2.24, 2.45) is 29.4 Å². The number of carbonyl (C=O) groups excluding carboxylic acids is 1. The Kier molecular flexibility index (Phi) is 4.58. The molecule has 152 valence electrons. The third-order valence-corrected chi connectivity index (χ3v) is 6.70. The fourth-order valence-corrected chi connectivity index (χ4v) is 5.48. The summed E-state index contributed by atoms with van der Waals surface area (Å²) in [5.41, 5.74) is 7.78. The van der Waals surface area contributed by atoms with Gasteiger partial charge in [0.25, 0.3) is 0 Å². The van der Waals surface area contributed by atoms with Gasteiger partial charge in [-0.25, -0.2) is 9.37 Å². The smallest absolute Gasteiger partial charge is 0.229 e. The van der Waals surface area contributed by atoms with Gasteiger partial charge < -0.3 is 21.7 Å². The second-order valence-corrected chi connectivity index (χ2v) is 8.42. The molecule has 6 bridgehead atoms. The third-order valence-electron chi connectivity index (χ3n) is 6.70. The highest BCUT2D eigenvalue weighted by Gasteiger charge is 2.54. The molecular formula is C21H25FN6O. The number of nitrogens with one attached hydrogen (secondary N) is 3. The lowest BCUT2D eigenvalue weighted by Gasteiger charge is -2.35. The van der Waals surface area contributed by atoms with Crippen molar-refractivity contribution in [1.29, 1.82) is 0 Å². The summed E-state index contributed by atoms with van der Waals surface area (Å²) in [5.74, 6) is 0.229. The zero-order chi connectivity index (χ0) is 20.0. The van der Waals surface area contributed by atoms with Crippen molar-refractivity contribution >= 4 is 23.4 Å². The Hall–Kier alpha value is -2.74. The van der Waals surface area contributed by atoms with E-state index in [9.17, 15) is 9.18 Å². The molecule has 7 nitrogen and oxygen atoms in total. The number of primary amides is 1. The molecule has 1 amide bonds. The minimum Gasteiger partial charge on any atom is -0.369 e. The summed E-state index contributed by atoms with van der Waals surface area (Å²) in [7, 11) is 0. The molecule has 2 aromatic rings. The highest BCUT2D eigenvalue weighted by Crippen LogP contribution is 2.52. The number of anilines is 3. The number of halogens is 1. The topological polar surface area (TPSA) is 105 Å². The Morgan fingerprint density at radius 1 is 1.24 bits per heavy atom. The van der Waals surface area contributed by atoms with E-state index < -0.39 is 5.82 Å². The quantitative estimate of drug-likeness (QED) is 0.588. The summed E-state index contributed by atoms with van der Waals surface area (Å²) in [6.07, 6.45) is 4.00. The van der Waals surface area contributed by atoms with Gasteiger partial charge in [0.05, 0.1) is 12.1 Å². The molecule has 2 fully saturated rings. The largest absolute Gasteiger partial charge is 0.369 e. The van der Waals surface area contributed by atoms with Gasteiger partial charge >= 0.3 is 0 Å². The number of fused-ring (bicyclic) bond motifs is 5. The summed E-state index contributed by atoms with van der Waals surface area (Å²) in [6.45, 7) is 1.77. The maximum atomic E-state index is 14.5. The maximum absolute atomic E-state index is 14.5. The van der Waals surface area contributed by atoms with Gasteiger partial charge in [-0.3, -0.25) is 4.79 Å². The standard InChI is InChI=1S/C21H25FN6O/c22-16-10-25-21-26-14-3-1-2-11(6-14)4-5-24-9-13-7-12-8-15(13)18(17(12)19(23)29)27-20(16)28-21/h1-3,6,10,12-13,15,17-18,24H,4-5,7-9H2,(H2,23,29)(H2,25,26,27,28). The number of carbonyl (C=O) groups is 1. The molecule has 1 aliphatic heterocycles. The first-order valence-electron chi connectivity index (χ1n) is 10.2. The van der Waals surface area contributed by atoms with Crippen molar-refractivity contribution in [3.8, 4) is 0 Å². The first-order valence-corrected chi connectivity index (χ1v) is 10.2. The van der Waals surface area contributed by atoms with E-state index in [1.165, 1.54) is 5.56 Å². The lowest BCUT2D eigenvalue weighted by Crippen LogP contribution is -2.47. The molecular weight excluding hydrogens is 371 g/mol. The molecule has 1 aromatic heterocycles. The normalized spacial score (nSPS) is 30.6. The predicted molar refractivity (Wildman–Crippen MR) is 108 cm³/mol. The van der Waals surface area contributed by atoms with E-state index in [1.54, 1.807) is 0 Å². The average molecular weight is 396 g/mol. The average Bonchev–Trinajstić information content (AvgIpc) is 3.26. The fraction of sp³-hybridized carbons (Fsp3) is 0.476. The number of nitrogens with two attached hydrogens (primary N) is 1. The summed E-state index contributed by atoms with van der Waals surface area (Å²) < 4.78 is 14.5. The van der Waals surface area contributed by atoms with Crippen LogP contribution in [0.15, 0.2) is 30.5 Å². The third kappa shape index (κ3) is 3.42. The summed E-state index contributed by atoms with van der Waals surface area (Å²) in [6, 6.07) is 7.85. The SMILES string of the molecule is NC(=O)C1C2CC3CNCCc4cccc(c4)Nc4ncc(F)c(n4)NC1C3C2. The second kappa shape index (κ2) is 7.26. The van der Waals surface area contributed by atoms with E-state index in [-0.39, 0.29) is 35.5 Å². The molecule has 0 spiro atoms. The summed E-state index contributed by atoms with van der Waals surface area (Å²) in [4.78, 5) is 20.6. The number of benzene rings is 1. The molecule has 2 saturated carbocycles. The molecule has 5 rings (SSSR count). The Balaban J connectivity index is 1.51. The highest BCUT2D eigenvalue weighted by molar-refractivity contribution is 5.79. The Morgan fingerprint density at radius 3 is 3.00 bits per heavy atom. The minimum atomic E-state index is -0.533. The fourth-order valence-electron chi connectivity index (χ4n) is 5.48. The molecule has 5 atom stereocenters. The lowest BCUT2D eigenvalue weighted by atomic mass is 9.77. The highest BCUT2D eigenvalue weighted by atomic mass is 19.1. The van der Waals surface area contributed by atoms with E-state index in [0.717, 1.165) is 44.2 Å². The summed E-state index contributed by atoms with van der Waals surface area (Å²) in [5, 5.41) is 9.95. The lowest BCUT2D eigenvalue weighted by molar-refractivity contribution is -0.123. The Morgan fingerprint density at radius 2 is 2.14 bits per heavy atom. The monoisotopic (exact) mass is 396 g/mol. The van der Waals surface area contributed by atoms with Crippen LogP contribution in [0.5, 0.6) is 0 Å². The zero-order valence-electron chi connectivity index (χ0n) is 16.1. The van der Waals surface area contributed by atoms with E-state index in [0.29, 0.717) is 11.9 Å². The van der Waals surface area contributed by atoms with Gasteiger partial charge in [0, 0.05) is 11.7 Å². The molecule has 2 heterocycles. The Labute approximate surface area is 168 Å². The van der Waals surface area contributed by atoms with E-state index in [2.05, 4.69) is 38.1 Å². The van der Waals surface area contributed by atoms with Crippen LogP contribution in [-0.4, -0.2) is 35.0 Å². The van der Waals surface area contributed by atoms with Crippen LogP contribution in [0.3, 0.4) is 0 Å². The van der Waals surface area contributed by atoms with Gasteiger partial charge in [-0.15, -0.1) is 0 Å². The van der Waals surface area contributed by atoms with Gasteiger partial charge in [0.15, 0.2) is 11.6 Å². The predicted octanol–water partition coefficient (Wildman–Crippen LogP) is 2.04. The van der Waals surface area contributed by atoms with E-state index in [4.69, 9.17) is 5.73 Å². The van der Waals surface area contributed by atoms with Crippen LogP contribution < -0.4 is 21.7 Å². The van der Waals surface area contributed by atoms with Gasteiger partial charge in [0.2, 0.25) is 11.9 Å². The van der Waals surface area contributed by atoms with E-state index in [1.807, 2.05) is 12.1 Å². The molecule has 29 heavy (non-hydrogen) atoms. The molecule has 8 heteroatoms. The molecule has 0 radical (unpaired) electrons. The van der Waals surface area contributed by atoms with Crippen LogP contribution >= 0.6 is 0 Å². The van der Waals surface area contributed by atoms with Gasteiger partial charge in [0.1, 0.15) is 0 Å². The van der Waals surface area contributed by atoms with Crippen LogP contribution in [0, 0.1) is 29.5 Å². The molecule has 5 unspecified atom stereocenters. The molecule has 0 saturated heterocycles. The molecule has 3 aliphatic rings. The van der Waals surface area contributed by atoms with Crippen molar-refractivity contribution in [3.05, 3.63) is 41.8 Å². The van der Waals surface area contributed by atoms with Crippen molar-refractivity contribution in [2.75, 3.05) is 23.7 Å². The van der Waals surface area contributed by atoms with E-state index >= 15 is 0 Å². The summed E-state index contributed by atoms with van der Waals surface area (Å²) >= 11 is 0. The van der Waals surface area contributed by atoms with Crippen LogP contribution in [0.1, 0.15) is 18.4 Å². The Bertz CT molecular complexity index is 937.